The van der Waals surface area contributed by atoms with Gasteiger partial charge < -0.3 is 9.26 Å². The van der Waals surface area contributed by atoms with E-state index in [2.05, 4.69) is 34.6 Å². The molecule has 1 aromatic carbocycles. The summed E-state index contributed by atoms with van der Waals surface area (Å²) in [4.78, 5) is 18.7. The average Bonchev–Trinajstić information content (AvgIpc) is 2.74. The third-order valence-electron chi connectivity index (χ3n) is 8.05. The van der Waals surface area contributed by atoms with Crippen LogP contribution in [-0.2, 0) is 11.0 Å². The van der Waals surface area contributed by atoms with Gasteiger partial charge in [-0.15, -0.1) is 0 Å². The lowest BCUT2D eigenvalue weighted by Gasteiger charge is -2.38. The third kappa shape index (κ3) is 9.41. The molecule has 1 heterocycles. The van der Waals surface area contributed by atoms with Gasteiger partial charge >= 0.3 is 7.82 Å². The van der Waals surface area contributed by atoms with Crippen LogP contribution in [-0.4, -0.2) is 15.4 Å². The second kappa shape index (κ2) is 13.0. The highest BCUT2D eigenvalue weighted by Gasteiger charge is 2.35. The van der Waals surface area contributed by atoms with E-state index in [1.807, 2.05) is 20.8 Å². The van der Waals surface area contributed by atoms with Crippen molar-refractivity contribution < 1.29 is 23.6 Å². The van der Waals surface area contributed by atoms with E-state index in [4.69, 9.17) is 9.26 Å². The molecule has 3 atom stereocenters. The molecule has 0 amide bonds. The van der Waals surface area contributed by atoms with Crippen LogP contribution in [0.25, 0.3) is 0 Å². The first-order chi connectivity index (χ1) is 16.2. The quantitative estimate of drug-likeness (QED) is 0.245. The summed E-state index contributed by atoms with van der Waals surface area (Å²) in [6.07, 6.45) is 13.3. The summed E-state index contributed by atoms with van der Waals surface area (Å²) in [6, 6.07) is 0. The lowest BCUT2D eigenvalue weighted by Crippen LogP contribution is -2.37. The third-order valence-corrected chi connectivity index (χ3v) is 8.47. The van der Waals surface area contributed by atoms with Crippen LogP contribution in [0.1, 0.15) is 121 Å². The van der Waals surface area contributed by atoms with Crippen molar-refractivity contribution in [1.82, 2.24) is 0 Å². The predicted octanol–water partition coefficient (Wildman–Crippen LogP) is 8.61. The van der Waals surface area contributed by atoms with Crippen LogP contribution in [0.4, 0.5) is 0 Å². The Balaban J connectivity index is 1.85. The molecule has 2 rings (SSSR count). The molecular formula is C29H51O5P. The molecule has 1 aliphatic rings. The predicted molar refractivity (Wildman–Crippen MR) is 145 cm³/mol. The normalized spacial score (nSPS) is 19.9. The number of ether oxygens (including phenoxy) is 1. The van der Waals surface area contributed by atoms with Crippen LogP contribution in [0.3, 0.4) is 0 Å². The van der Waals surface area contributed by atoms with Gasteiger partial charge in [-0.05, 0) is 87.8 Å². The minimum absolute atomic E-state index is 0.201. The summed E-state index contributed by atoms with van der Waals surface area (Å²) >= 11 is 0. The number of phosphoric acid groups is 1. The lowest BCUT2D eigenvalue weighted by atomic mass is 9.84. The van der Waals surface area contributed by atoms with Crippen LogP contribution < -0.4 is 9.26 Å². The lowest BCUT2D eigenvalue weighted by molar-refractivity contribution is 0.0512. The Labute approximate surface area is 214 Å². The van der Waals surface area contributed by atoms with Gasteiger partial charge in [-0.3, -0.25) is 9.79 Å². The number of hydrogen-bond acceptors (Lipinski definition) is 3. The summed E-state index contributed by atoms with van der Waals surface area (Å²) in [7, 11) is -4.61. The van der Waals surface area contributed by atoms with Crippen LogP contribution in [0.5, 0.6) is 11.5 Å². The molecule has 0 radical (unpaired) electrons. The highest BCUT2D eigenvalue weighted by atomic mass is 31.2. The van der Waals surface area contributed by atoms with E-state index in [0.717, 1.165) is 71.4 Å². The number of rotatable bonds is 14. The van der Waals surface area contributed by atoms with E-state index in [-0.39, 0.29) is 5.60 Å². The summed E-state index contributed by atoms with van der Waals surface area (Å²) in [5.41, 5.74) is 3.24. The Morgan fingerprint density at radius 2 is 1.43 bits per heavy atom. The SMILES string of the molecule is Cc1c(C)c2c(c(C)c1OP(=O)(O)O)CC[C@](C)(CCC[C@H](C)CCC[C@H](C)CCCC(C)C)O2. The molecule has 0 fully saturated rings. The minimum Gasteiger partial charge on any atom is -0.487 e. The maximum atomic E-state index is 11.5. The smallest absolute Gasteiger partial charge is 0.487 e. The monoisotopic (exact) mass is 510 g/mol. The van der Waals surface area contributed by atoms with Crippen LogP contribution in [0, 0.1) is 38.5 Å². The fourth-order valence-corrected chi connectivity index (χ4v) is 6.03. The number of hydrogen-bond donors (Lipinski definition) is 2. The van der Waals surface area contributed by atoms with Gasteiger partial charge in [0.25, 0.3) is 0 Å². The van der Waals surface area contributed by atoms with Crippen LogP contribution in [0.15, 0.2) is 0 Å². The molecule has 0 bridgehead atoms. The highest BCUT2D eigenvalue weighted by Crippen LogP contribution is 2.48. The number of phosphoric ester groups is 1. The largest absolute Gasteiger partial charge is 0.524 e. The van der Waals surface area contributed by atoms with Crippen molar-refractivity contribution in [2.45, 2.75) is 132 Å². The van der Waals surface area contributed by atoms with Gasteiger partial charge in [0.05, 0.1) is 0 Å². The summed E-state index contributed by atoms with van der Waals surface area (Å²) in [6.45, 7) is 17.3. The van der Waals surface area contributed by atoms with Gasteiger partial charge in [-0.25, -0.2) is 4.57 Å². The molecule has 6 heteroatoms. The molecule has 5 nitrogen and oxygen atoms in total. The van der Waals surface area contributed by atoms with Crippen molar-refractivity contribution in [3.8, 4) is 11.5 Å². The maximum absolute atomic E-state index is 11.5. The molecule has 202 valence electrons. The van der Waals surface area contributed by atoms with Crippen LogP contribution in [0.2, 0.25) is 0 Å². The van der Waals surface area contributed by atoms with E-state index in [0.29, 0.717) is 5.75 Å². The number of benzene rings is 1. The second-order valence-corrected chi connectivity index (χ2v) is 13.2. The van der Waals surface area contributed by atoms with Gasteiger partial charge in [0.1, 0.15) is 17.1 Å². The molecule has 2 N–H and O–H groups in total. The first kappa shape index (κ1) is 30.2. The molecule has 1 aliphatic heterocycles. The molecule has 0 saturated heterocycles. The Hall–Kier alpha value is -1.03. The molecule has 35 heavy (non-hydrogen) atoms. The molecule has 0 unspecified atom stereocenters. The topological polar surface area (TPSA) is 76.0 Å². The van der Waals surface area contributed by atoms with E-state index in [1.165, 1.54) is 44.9 Å². The molecule has 0 saturated carbocycles. The van der Waals surface area contributed by atoms with Gasteiger partial charge in [-0.1, -0.05) is 72.6 Å². The van der Waals surface area contributed by atoms with Crippen molar-refractivity contribution in [2.75, 3.05) is 0 Å². The summed E-state index contributed by atoms with van der Waals surface area (Å²) < 4.78 is 23.1. The maximum Gasteiger partial charge on any atom is 0.524 e. The Morgan fingerprint density at radius 1 is 0.886 bits per heavy atom. The standard InChI is InChI=1S/C29H51O5P/c1-20(2)12-9-13-21(3)14-10-15-22(4)16-11-18-29(8)19-17-26-25(7)27(34-35(30,31)32)23(5)24(6)28(26)33-29/h20-22H,9-19H2,1-8H3,(H2,30,31,32)/t21-,22-,29+/m1/s1. The molecule has 0 spiro atoms. The van der Waals surface area contributed by atoms with Crippen molar-refractivity contribution in [2.24, 2.45) is 17.8 Å². The Kier molecular flexibility index (Phi) is 11.2. The van der Waals surface area contributed by atoms with Gasteiger partial charge in [0.2, 0.25) is 0 Å². The fourth-order valence-electron chi connectivity index (χ4n) is 5.52. The molecular weight excluding hydrogens is 459 g/mol. The van der Waals surface area contributed by atoms with Gasteiger partial charge in [0.15, 0.2) is 0 Å². The zero-order valence-electron chi connectivity index (χ0n) is 23.6. The van der Waals surface area contributed by atoms with Gasteiger partial charge in [0, 0.05) is 5.56 Å². The Bertz CT molecular complexity index is 875. The number of fused-ring (bicyclic) bond motifs is 1. The average molecular weight is 511 g/mol. The van der Waals surface area contributed by atoms with E-state index >= 15 is 0 Å². The summed E-state index contributed by atoms with van der Waals surface area (Å²) in [5.74, 6) is 3.59. The highest BCUT2D eigenvalue weighted by molar-refractivity contribution is 7.46. The van der Waals surface area contributed by atoms with Crippen molar-refractivity contribution in [3.63, 3.8) is 0 Å². The van der Waals surface area contributed by atoms with E-state index < -0.39 is 7.82 Å². The Morgan fingerprint density at radius 3 is 1.97 bits per heavy atom. The van der Waals surface area contributed by atoms with Crippen molar-refractivity contribution >= 4 is 7.82 Å². The van der Waals surface area contributed by atoms with Crippen molar-refractivity contribution in [3.05, 3.63) is 22.3 Å². The van der Waals surface area contributed by atoms with Crippen LogP contribution >= 0.6 is 7.82 Å². The van der Waals surface area contributed by atoms with E-state index in [9.17, 15) is 14.4 Å². The second-order valence-electron chi connectivity index (χ2n) is 12.0. The fraction of sp³-hybridized carbons (Fsp3) is 0.793. The van der Waals surface area contributed by atoms with Crippen molar-refractivity contribution in [1.29, 1.82) is 0 Å². The zero-order valence-corrected chi connectivity index (χ0v) is 24.5. The van der Waals surface area contributed by atoms with E-state index in [1.54, 1.807) is 0 Å². The molecule has 0 aliphatic carbocycles. The molecule has 0 aromatic heterocycles. The first-order valence-electron chi connectivity index (χ1n) is 13.8. The minimum atomic E-state index is -4.61. The zero-order chi connectivity index (χ0) is 26.4. The first-order valence-corrected chi connectivity index (χ1v) is 15.3. The molecule has 1 aromatic rings. The van der Waals surface area contributed by atoms with Gasteiger partial charge in [-0.2, -0.15) is 0 Å². The summed E-state index contributed by atoms with van der Waals surface area (Å²) in [5, 5.41) is 0.